The molecule has 2 bridgehead atoms. The Bertz CT molecular complexity index is 779. The third kappa shape index (κ3) is 2.59. The first-order chi connectivity index (χ1) is 11.0. The quantitative estimate of drug-likeness (QED) is 0.663. The second-order valence-electron chi connectivity index (χ2n) is 6.13. The number of benzene rings is 1. The molecule has 6 heteroatoms. The maximum Gasteiger partial charge on any atom is 0.152 e. The Morgan fingerprint density at radius 2 is 1.70 bits per heavy atom. The van der Waals surface area contributed by atoms with Crippen LogP contribution in [0.4, 0.5) is 0 Å². The zero-order valence-electron chi connectivity index (χ0n) is 12.1. The monoisotopic (exact) mass is 409 g/mol. The number of rotatable bonds is 2. The number of nitrogens with zero attached hydrogens (tertiary/aromatic N) is 1. The summed E-state index contributed by atoms with van der Waals surface area (Å²) in [7, 11) is 0. The van der Waals surface area contributed by atoms with Crippen LogP contribution in [0.15, 0.2) is 28.1 Å². The van der Waals surface area contributed by atoms with Gasteiger partial charge in [-0.25, -0.2) is 4.98 Å². The normalized spacial score (nSPS) is 26.8. The Kier molecular flexibility index (Phi) is 3.90. The van der Waals surface area contributed by atoms with E-state index in [4.69, 9.17) is 11.6 Å². The molecule has 0 saturated heterocycles. The van der Waals surface area contributed by atoms with E-state index >= 15 is 0 Å². The summed E-state index contributed by atoms with van der Waals surface area (Å²) >= 11 is 10.9. The van der Waals surface area contributed by atoms with Crippen molar-refractivity contribution >= 4 is 50.4 Å². The van der Waals surface area contributed by atoms with Crippen LogP contribution >= 0.6 is 38.9 Å². The lowest BCUT2D eigenvalue weighted by Crippen LogP contribution is -2.35. The molecule has 0 radical (unpaired) electrons. The van der Waals surface area contributed by atoms with E-state index in [0.717, 1.165) is 33.6 Å². The van der Waals surface area contributed by atoms with Crippen LogP contribution in [0.25, 0.3) is 10.6 Å². The number of fused-ring (bicyclic) bond motifs is 2. The molecule has 2 fully saturated rings. The summed E-state index contributed by atoms with van der Waals surface area (Å²) in [5.74, 6) is -0.506. The average molecular weight is 411 g/mol. The van der Waals surface area contributed by atoms with Crippen molar-refractivity contribution in [2.45, 2.75) is 25.2 Å². The average Bonchev–Trinajstić information content (AvgIpc) is 3.13. The number of hydrogen-bond donors (Lipinski definition) is 0. The zero-order chi connectivity index (χ0) is 16.1. The first-order valence-electron chi connectivity index (χ1n) is 7.54. The highest BCUT2D eigenvalue weighted by atomic mass is 79.9. The minimum absolute atomic E-state index is 0.0373. The molecule has 3 nitrogen and oxygen atoms in total. The van der Waals surface area contributed by atoms with Gasteiger partial charge < -0.3 is 0 Å². The summed E-state index contributed by atoms with van der Waals surface area (Å²) in [6.07, 6.45) is 2.43. The van der Waals surface area contributed by atoms with Crippen LogP contribution in [0, 0.1) is 11.8 Å². The number of carbonyl (C=O) groups is 2. The summed E-state index contributed by atoms with van der Waals surface area (Å²) in [4.78, 5) is 29.9. The van der Waals surface area contributed by atoms with Gasteiger partial charge in [-0.15, -0.1) is 11.3 Å². The third-order valence-electron chi connectivity index (χ3n) is 4.78. The maximum atomic E-state index is 12.6. The van der Waals surface area contributed by atoms with Crippen LogP contribution in [0.1, 0.15) is 30.9 Å². The summed E-state index contributed by atoms with van der Waals surface area (Å²) in [5.41, 5.74) is 1.52. The smallest absolute Gasteiger partial charge is 0.152 e. The topological polar surface area (TPSA) is 47.0 Å². The van der Waals surface area contributed by atoms with Crippen molar-refractivity contribution in [3.05, 3.63) is 38.8 Å². The van der Waals surface area contributed by atoms with E-state index in [-0.39, 0.29) is 23.4 Å². The fourth-order valence-corrected chi connectivity index (χ4v) is 5.33. The second-order valence-corrected chi connectivity index (χ2v) is 8.88. The van der Waals surface area contributed by atoms with Crippen LogP contribution in [0.5, 0.6) is 0 Å². The summed E-state index contributed by atoms with van der Waals surface area (Å²) in [6.45, 7) is 0. The van der Waals surface area contributed by atoms with E-state index in [2.05, 4.69) is 20.9 Å². The van der Waals surface area contributed by atoms with Gasteiger partial charge in [-0.1, -0.05) is 23.7 Å². The Morgan fingerprint density at radius 1 is 1.09 bits per heavy atom. The van der Waals surface area contributed by atoms with Gasteiger partial charge in [0.1, 0.15) is 10.9 Å². The van der Waals surface area contributed by atoms with E-state index in [9.17, 15) is 9.59 Å². The maximum absolute atomic E-state index is 12.6. The lowest BCUT2D eigenvalue weighted by atomic mass is 9.77. The third-order valence-corrected chi connectivity index (χ3v) is 6.83. The van der Waals surface area contributed by atoms with Crippen molar-refractivity contribution in [2.24, 2.45) is 11.8 Å². The predicted octanol–water partition coefficient (Wildman–Crippen LogP) is 4.88. The molecular formula is C17H13BrClNO2S. The highest BCUT2D eigenvalue weighted by Gasteiger charge is 2.48. The fourth-order valence-electron chi connectivity index (χ4n) is 3.59. The molecule has 2 aliphatic rings. The van der Waals surface area contributed by atoms with E-state index < -0.39 is 5.92 Å². The van der Waals surface area contributed by atoms with Crippen molar-refractivity contribution in [3.8, 4) is 10.6 Å². The number of thiazole rings is 1. The first kappa shape index (κ1) is 15.5. The Hall–Kier alpha value is -1.04. The van der Waals surface area contributed by atoms with Gasteiger partial charge in [-0.05, 0) is 47.3 Å². The first-order valence-corrected chi connectivity index (χ1v) is 9.53. The SMILES string of the molecule is O=C1C(c2nc(-c3ccc(Cl)cc3)sc2Br)C(=O)[C@@H]2CC[C@@H]1C2. The van der Waals surface area contributed by atoms with E-state index in [1.54, 1.807) is 0 Å². The molecule has 2 atom stereocenters. The van der Waals surface area contributed by atoms with Crippen LogP contribution in [-0.4, -0.2) is 16.6 Å². The predicted molar refractivity (Wildman–Crippen MR) is 93.8 cm³/mol. The highest BCUT2D eigenvalue weighted by molar-refractivity contribution is 9.11. The Labute approximate surface area is 151 Å². The molecule has 0 amide bonds. The van der Waals surface area contributed by atoms with Gasteiger partial charge in [-0.3, -0.25) is 9.59 Å². The van der Waals surface area contributed by atoms with Gasteiger partial charge >= 0.3 is 0 Å². The molecular weight excluding hydrogens is 398 g/mol. The minimum atomic E-state index is -0.687. The standard InChI is InChI=1S/C17H13BrClNO2S/c18-16-13(12-14(21)9-1-2-10(7-9)15(12)22)20-17(23-16)8-3-5-11(19)6-4-8/h3-6,9-10,12H,1-2,7H2/t9-,10-/m1/s1. The van der Waals surface area contributed by atoms with Gasteiger partial charge in [0.15, 0.2) is 11.6 Å². The van der Waals surface area contributed by atoms with Crippen LogP contribution < -0.4 is 0 Å². The molecule has 2 aliphatic carbocycles. The summed E-state index contributed by atoms with van der Waals surface area (Å²) < 4.78 is 0.774. The largest absolute Gasteiger partial charge is 0.298 e. The molecule has 23 heavy (non-hydrogen) atoms. The molecule has 4 rings (SSSR count). The molecule has 0 aliphatic heterocycles. The van der Waals surface area contributed by atoms with Gasteiger partial charge in [0.25, 0.3) is 0 Å². The van der Waals surface area contributed by atoms with Gasteiger partial charge in [0, 0.05) is 22.4 Å². The van der Waals surface area contributed by atoms with E-state index in [0.29, 0.717) is 10.7 Å². The van der Waals surface area contributed by atoms with Crippen molar-refractivity contribution in [1.29, 1.82) is 0 Å². The van der Waals surface area contributed by atoms with E-state index in [1.165, 1.54) is 11.3 Å². The van der Waals surface area contributed by atoms with E-state index in [1.807, 2.05) is 24.3 Å². The molecule has 2 aromatic rings. The van der Waals surface area contributed by atoms with Crippen molar-refractivity contribution in [3.63, 3.8) is 0 Å². The molecule has 0 unspecified atom stereocenters. The van der Waals surface area contributed by atoms with Crippen molar-refractivity contribution in [2.75, 3.05) is 0 Å². The molecule has 0 spiro atoms. The summed E-state index contributed by atoms with van der Waals surface area (Å²) in [5, 5.41) is 1.46. The van der Waals surface area contributed by atoms with Crippen molar-refractivity contribution in [1.82, 2.24) is 4.98 Å². The lowest BCUT2D eigenvalue weighted by Gasteiger charge is -2.24. The number of carbonyl (C=O) groups excluding carboxylic acids is 2. The van der Waals surface area contributed by atoms with Gasteiger partial charge in [0.2, 0.25) is 0 Å². The zero-order valence-corrected chi connectivity index (χ0v) is 15.2. The van der Waals surface area contributed by atoms with Crippen molar-refractivity contribution < 1.29 is 9.59 Å². The molecule has 1 aromatic carbocycles. The minimum Gasteiger partial charge on any atom is -0.298 e. The number of Topliss-reactive ketones (excluding diaryl/α,β-unsaturated/α-hetero) is 2. The molecule has 1 heterocycles. The van der Waals surface area contributed by atoms with Crippen LogP contribution in [0.3, 0.4) is 0 Å². The number of aromatic nitrogens is 1. The fraction of sp³-hybridized carbons (Fsp3) is 0.353. The lowest BCUT2D eigenvalue weighted by molar-refractivity contribution is -0.136. The Balaban J connectivity index is 1.73. The number of hydrogen-bond acceptors (Lipinski definition) is 4. The molecule has 118 valence electrons. The van der Waals surface area contributed by atoms with Gasteiger partial charge in [-0.2, -0.15) is 0 Å². The number of halogens is 2. The summed E-state index contributed by atoms with van der Waals surface area (Å²) in [6, 6.07) is 7.41. The van der Waals surface area contributed by atoms with Crippen LogP contribution in [-0.2, 0) is 9.59 Å². The second kappa shape index (κ2) is 5.80. The molecule has 1 aromatic heterocycles. The highest BCUT2D eigenvalue weighted by Crippen LogP contribution is 2.46. The van der Waals surface area contributed by atoms with Gasteiger partial charge in [0.05, 0.1) is 9.48 Å². The number of ketones is 2. The molecule has 2 saturated carbocycles. The molecule has 0 N–H and O–H groups in total. The Morgan fingerprint density at radius 3 is 2.30 bits per heavy atom. The van der Waals surface area contributed by atoms with Crippen LogP contribution in [0.2, 0.25) is 5.02 Å².